The number of likely N-dealkylation sites (tertiary alicyclic amines) is 2. The molecule has 2 fully saturated rings. The van der Waals surface area contributed by atoms with E-state index in [9.17, 15) is 4.79 Å². The number of benzene rings is 1. The van der Waals surface area contributed by atoms with Crippen molar-refractivity contribution in [2.45, 2.75) is 38.6 Å². The summed E-state index contributed by atoms with van der Waals surface area (Å²) in [6, 6.07) is 11.3. The third-order valence-corrected chi connectivity index (χ3v) is 6.22. The maximum atomic E-state index is 12.1. The summed E-state index contributed by atoms with van der Waals surface area (Å²) in [5, 5.41) is 3.61. The van der Waals surface area contributed by atoms with E-state index in [0.29, 0.717) is 12.0 Å². The summed E-state index contributed by atoms with van der Waals surface area (Å²) in [6.45, 7) is 7.64. The fourth-order valence-corrected chi connectivity index (χ4v) is 4.44. The summed E-state index contributed by atoms with van der Waals surface area (Å²) in [5.41, 5.74) is 1.40. The molecule has 0 radical (unpaired) electrons. The molecule has 2 aliphatic rings. The number of carbonyl (C=O) groups excluding carboxylic acids is 1. The number of amides is 1. The molecule has 1 N–H and O–H groups in total. The van der Waals surface area contributed by atoms with Crippen molar-refractivity contribution in [2.75, 3.05) is 53.4 Å². The van der Waals surface area contributed by atoms with Crippen molar-refractivity contribution in [3.05, 3.63) is 35.9 Å². The molecule has 160 valence electrons. The van der Waals surface area contributed by atoms with Crippen LogP contribution in [0.3, 0.4) is 0 Å². The van der Waals surface area contributed by atoms with Gasteiger partial charge in [-0.3, -0.25) is 9.69 Å². The molecule has 2 aliphatic heterocycles. The summed E-state index contributed by atoms with van der Waals surface area (Å²) < 4.78 is 0. The fourth-order valence-electron chi connectivity index (χ4n) is 4.44. The highest BCUT2D eigenvalue weighted by atomic mass is 16.2. The van der Waals surface area contributed by atoms with E-state index >= 15 is 0 Å². The zero-order chi connectivity index (χ0) is 20.6. The molecule has 2 heterocycles. The van der Waals surface area contributed by atoms with Crippen LogP contribution < -0.4 is 5.32 Å². The van der Waals surface area contributed by atoms with Crippen LogP contribution in [0.1, 0.15) is 31.7 Å². The molecule has 0 spiro atoms. The topological polar surface area (TPSA) is 51.2 Å². The molecule has 1 amide bonds. The van der Waals surface area contributed by atoms with Gasteiger partial charge in [0, 0.05) is 39.8 Å². The Balaban J connectivity index is 1.61. The number of hydrogen-bond acceptors (Lipinski definition) is 3. The van der Waals surface area contributed by atoms with Gasteiger partial charge >= 0.3 is 0 Å². The van der Waals surface area contributed by atoms with Crippen LogP contribution in [0.15, 0.2) is 35.3 Å². The zero-order valence-corrected chi connectivity index (χ0v) is 18.3. The van der Waals surface area contributed by atoms with Crippen LogP contribution in [0.4, 0.5) is 0 Å². The summed E-state index contributed by atoms with van der Waals surface area (Å²) in [7, 11) is 3.57. The number of nitrogens with zero attached hydrogens (tertiary/aromatic N) is 4. The van der Waals surface area contributed by atoms with Gasteiger partial charge in [0.2, 0.25) is 5.91 Å². The normalized spacial score (nSPS) is 22.9. The highest BCUT2D eigenvalue weighted by Crippen LogP contribution is 2.21. The number of guanidine groups is 1. The molecular weight excluding hydrogens is 362 g/mol. The van der Waals surface area contributed by atoms with Crippen molar-refractivity contribution in [1.29, 1.82) is 0 Å². The first-order chi connectivity index (χ1) is 14.1. The average Bonchev–Trinajstić information content (AvgIpc) is 3.37. The van der Waals surface area contributed by atoms with Gasteiger partial charge in [-0.25, -0.2) is 4.99 Å². The number of likely N-dealkylation sites (N-methyl/N-ethyl adjacent to an activating group) is 2. The van der Waals surface area contributed by atoms with E-state index in [1.807, 2.05) is 0 Å². The molecule has 2 saturated heterocycles. The average molecular weight is 400 g/mol. The van der Waals surface area contributed by atoms with Crippen LogP contribution in [-0.2, 0) is 11.2 Å². The van der Waals surface area contributed by atoms with E-state index in [4.69, 9.17) is 4.99 Å². The first-order valence-electron chi connectivity index (χ1n) is 11.1. The second-order valence-electron chi connectivity index (χ2n) is 8.52. The minimum absolute atomic E-state index is 0.0420. The molecule has 2 atom stereocenters. The number of aliphatic imine (C=N–C) groups is 1. The van der Waals surface area contributed by atoms with Gasteiger partial charge in [0.1, 0.15) is 6.54 Å². The van der Waals surface area contributed by atoms with E-state index in [1.54, 1.807) is 19.0 Å². The SMILES string of the molecule is CCN1CCCC1CNC(=NCC(=O)N(C)C)N1CCC(Cc2ccccc2)C1. The minimum atomic E-state index is 0.0420. The maximum absolute atomic E-state index is 12.1. The van der Waals surface area contributed by atoms with Crippen LogP contribution in [0, 0.1) is 5.92 Å². The second-order valence-corrected chi connectivity index (χ2v) is 8.52. The summed E-state index contributed by atoms with van der Waals surface area (Å²) in [5.74, 6) is 1.58. The zero-order valence-electron chi connectivity index (χ0n) is 18.3. The van der Waals surface area contributed by atoms with Crippen molar-refractivity contribution in [3.63, 3.8) is 0 Å². The van der Waals surface area contributed by atoms with E-state index in [0.717, 1.165) is 38.6 Å². The highest BCUT2D eigenvalue weighted by molar-refractivity contribution is 5.85. The highest BCUT2D eigenvalue weighted by Gasteiger charge is 2.27. The Labute approximate surface area is 176 Å². The molecular formula is C23H37N5O. The predicted octanol–water partition coefficient (Wildman–Crippen LogP) is 2.07. The Morgan fingerprint density at radius 2 is 2.00 bits per heavy atom. The number of carbonyl (C=O) groups is 1. The van der Waals surface area contributed by atoms with Gasteiger partial charge in [0.15, 0.2) is 5.96 Å². The molecule has 29 heavy (non-hydrogen) atoms. The molecule has 3 rings (SSSR count). The predicted molar refractivity (Wildman–Crippen MR) is 119 cm³/mol. The summed E-state index contributed by atoms with van der Waals surface area (Å²) in [4.78, 5) is 23.3. The molecule has 0 aromatic heterocycles. The lowest BCUT2D eigenvalue weighted by Crippen LogP contribution is -2.46. The van der Waals surface area contributed by atoms with E-state index in [-0.39, 0.29) is 12.5 Å². The molecule has 6 nitrogen and oxygen atoms in total. The number of nitrogens with one attached hydrogen (secondary N) is 1. The molecule has 0 saturated carbocycles. The number of hydrogen-bond donors (Lipinski definition) is 1. The van der Waals surface area contributed by atoms with Crippen LogP contribution in [-0.4, -0.2) is 86.0 Å². The molecule has 1 aromatic rings. The van der Waals surface area contributed by atoms with Gasteiger partial charge in [0.25, 0.3) is 0 Å². The summed E-state index contributed by atoms with van der Waals surface area (Å²) in [6.07, 6.45) is 4.78. The Morgan fingerprint density at radius 1 is 1.21 bits per heavy atom. The fraction of sp³-hybridized carbons (Fsp3) is 0.652. The first kappa shape index (κ1) is 21.6. The largest absolute Gasteiger partial charge is 0.355 e. The van der Waals surface area contributed by atoms with Crippen LogP contribution in [0.2, 0.25) is 0 Å². The van der Waals surface area contributed by atoms with Crippen LogP contribution in [0.25, 0.3) is 0 Å². The molecule has 2 unspecified atom stereocenters. The third kappa shape index (κ3) is 6.20. The third-order valence-electron chi connectivity index (χ3n) is 6.22. The molecule has 1 aromatic carbocycles. The van der Waals surface area contributed by atoms with Crippen molar-refractivity contribution in [2.24, 2.45) is 10.9 Å². The van der Waals surface area contributed by atoms with E-state index in [1.165, 1.54) is 31.4 Å². The molecule has 6 heteroatoms. The van der Waals surface area contributed by atoms with Crippen molar-refractivity contribution in [1.82, 2.24) is 20.0 Å². The van der Waals surface area contributed by atoms with Crippen molar-refractivity contribution >= 4 is 11.9 Å². The second kappa shape index (κ2) is 10.6. The van der Waals surface area contributed by atoms with Gasteiger partial charge < -0.3 is 15.1 Å². The van der Waals surface area contributed by atoms with Crippen molar-refractivity contribution < 1.29 is 4.79 Å². The Hall–Kier alpha value is -2.08. The van der Waals surface area contributed by atoms with E-state index in [2.05, 4.69) is 52.4 Å². The smallest absolute Gasteiger partial charge is 0.243 e. The lowest BCUT2D eigenvalue weighted by molar-refractivity contribution is -0.127. The lowest BCUT2D eigenvalue weighted by atomic mass is 9.99. The Morgan fingerprint density at radius 3 is 2.72 bits per heavy atom. The van der Waals surface area contributed by atoms with Gasteiger partial charge in [-0.15, -0.1) is 0 Å². The first-order valence-corrected chi connectivity index (χ1v) is 11.1. The van der Waals surface area contributed by atoms with Crippen LogP contribution in [0.5, 0.6) is 0 Å². The molecule has 0 aliphatic carbocycles. The Bertz CT molecular complexity index is 675. The maximum Gasteiger partial charge on any atom is 0.243 e. The van der Waals surface area contributed by atoms with Gasteiger partial charge in [0.05, 0.1) is 0 Å². The van der Waals surface area contributed by atoms with Gasteiger partial charge in [-0.2, -0.15) is 0 Å². The Kier molecular flexibility index (Phi) is 7.92. The quantitative estimate of drug-likeness (QED) is 0.563. The lowest BCUT2D eigenvalue weighted by Gasteiger charge is -2.27. The minimum Gasteiger partial charge on any atom is -0.355 e. The standard InChI is InChI=1S/C23H37N5O/c1-4-27-13-8-11-21(27)16-24-23(25-17-22(29)26(2)3)28-14-12-20(18-28)15-19-9-6-5-7-10-19/h5-7,9-10,20-21H,4,8,11-18H2,1-3H3,(H,24,25). The monoisotopic (exact) mass is 399 g/mol. The summed E-state index contributed by atoms with van der Waals surface area (Å²) >= 11 is 0. The van der Waals surface area contributed by atoms with Gasteiger partial charge in [-0.05, 0) is 50.3 Å². The van der Waals surface area contributed by atoms with E-state index < -0.39 is 0 Å². The van der Waals surface area contributed by atoms with Gasteiger partial charge in [-0.1, -0.05) is 37.3 Å². The molecule has 0 bridgehead atoms. The number of rotatable bonds is 7. The van der Waals surface area contributed by atoms with Crippen molar-refractivity contribution in [3.8, 4) is 0 Å². The van der Waals surface area contributed by atoms with Crippen LogP contribution >= 0.6 is 0 Å².